The van der Waals surface area contributed by atoms with Gasteiger partial charge in [-0.25, -0.2) is 0 Å². The van der Waals surface area contributed by atoms with Crippen molar-refractivity contribution in [1.82, 2.24) is 9.97 Å². The first-order valence-electron chi connectivity index (χ1n) is 7.98. The van der Waals surface area contributed by atoms with Gasteiger partial charge in [-0.05, 0) is 48.6 Å². The average molecular weight is 307 g/mol. The number of benzene rings is 1. The molecular weight excluding hydrogens is 286 g/mol. The quantitative estimate of drug-likeness (QED) is 0.734. The van der Waals surface area contributed by atoms with Crippen LogP contribution in [0, 0.1) is 6.92 Å². The number of aromatic nitrogens is 2. The zero-order valence-electron chi connectivity index (χ0n) is 13.5. The molecule has 23 heavy (non-hydrogen) atoms. The molecule has 2 aromatic heterocycles. The average Bonchev–Trinajstić information content (AvgIpc) is 3.01. The molecule has 118 valence electrons. The Hall–Kier alpha value is -2.62. The maximum atomic E-state index is 12.7. The largest absolute Gasteiger partial charge is 0.361 e. The van der Waals surface area contributed by atoms with Crippen molar-refractivity contribution < 1.29 is 4.79 Å². The van der Waals surface area contributed by atoms with Crippen molar-refractivity contribution in [2.45, 2.75) is 32.6 Å². The van der Waals surface area contributed by atoms with E-state index in [9.17, 15) is 4.79 Å². The molecule has 1 unspecified atom stereocenters. The molecule has 0 radical (unpaired) electrons. The van der Waals surface area contributed by atoms with E-state index in [4.69, 9.17) is 0 Å². The van der Waals surface area contributed by atoms with Crippen molar-refractivity contribution in [1.29, 1.82) is 0 Å². The topological polar surface area (TPSA) is 57.8 Å². The van der Waals surface area contributed by atoms with Crippen LogP contribution in [-0.4, -0.2) is 15.9 Å². The highest BCUT2D eigenvalue weighted by atomic mass is 16.1. The van der Waals surface area contributed by atoms with Gasteiger partial charge in [-0.15, -0.1) is 0 Å². The highest BCUT2D eigenvalue weighted by Crippen LogP contribution is 2.23. The third-order valence-corrected chi connectivity index (χ3v) is 4.01. The summed E-state index contributed by atoms with van der Waals surface area (Å²) in [4.78, 5) is 20.3. The zero-order chi connectivity index (χ0) is 16.2. The Labute approximate surface area is 136 Å². The van der Waals surface area contributed by atoms with E-state index in [1.54, 1.807) is 0 Å². The van der Waals surface area contributed by atoms with E-state index in [-0.39, 0.29) is 11.8 Å². The third-order valence-electron chi connectivity index (χ3n) is 4.01. The summed E-state index contributed by atoms with van der Waals surface area (Å²) >= 11 is 0. The van der Waals surface area contributed by atoms with Crippen LogP contribution in [0.15, 0.2) is 48.8 Å². The monoisotopic (exact) mass is 307 g/mol. The second-order valence-corrected chi connectivity index (χ2v) is 5.87. The van der Waals surface area contributed by atoms with Crippen LogP contribution in [0.3, 0.4) is 0 Å². The minimum Gasteiger partial charge on any atom is -0.361 e. The van der Waals surface area contributed by atoms with Crippen molar-refractivity contribution in [3.8, 4) is 0 Å². The fraction of sp³-hybridized carbons (Fsp3) is 0.263. The standard InChI is InChI=1S/C19H21N3O/c1-3-4-16(17-8-5-13(2)12-21-17)19(23)22-15-7-6-14-9-10-20-18(14)11-15/h5-12,16,20H,3-4H2,1-2H3,(H,22,23). The van der Waals surface area contributed by atoms with E-state index in [2.05, 4.69) is 22.2 Å². The summed E-state index contributed by atoms with van der Waals surface area (Å²) in [7, 11) is 0. The number of nitrogens with zero attached hydrogens (tertiary/aromatic N) is 1. The molecule has 0 aliphatic rings. The number of carbonyl (C=O) groups is 1. The van der Waals surface area contributed by atoms with Crippen molar-refractivity contribution in [2.24, 2.45) is 0 Å². The van der Waals surface area contributed by atoms with E-state index in [0.29, 0.717) is 0 Å². The molecule has 0 aliphatic heterocycles. The highest BCUT2D eigenvalue weighted by Gasteiger charge is 2.21. The fourth-order valence-corrected chi connectivity index (χ4v) is 2.74. The molecule has 2 N–H and O–H groups in total. The molecule has 0 saturated heterocycles. The number of amides is 1. The van der Waals surface area contributed by atoms with Gasteiger partial charge in [0.2, 0.25) is 5.91 Å². The lowest BCUT2D eigenvalue weighted by Gasteiger charge is -2.16. The predicted octanol–water partition coefficient (Wildman–Crippen LogP) is 4.39. The first-order valence-corrected chi connectivity index (χ1v) is 7.98. The Morgan fingerprint density at radius 3 is 2.87 bits per heavy atom. The van der Waals surface area contributed by atoms with Crippen molar-refractivity contribution >= 4 is 22.5 Å². The lowest BCUT2D eigenvalue weighted by atomic mass is 9.97. The first-order chi connectivity index (χ1) is 11.2. The van der Waals surface area contributed by atoms with E-state index < -0.39 is 0 Å². The number of anilines is 1. The molecule has 1 aromatic carbocycles. The van der Waals surface area contributed by atoms with Crippen molar-refractivity contribution in [2.75, 3.05) is 5.32 Å². The minimum atomic E-state index is -0.222. The number of H-pyrrole nitrogens is 1. The second-order valence-electron chi connectivity index (χ2n) is 5.87. The number of nitrogens with one attached hydrogen (secondary N) is 2. The van der Waals surface area contributed by atoms with E-state index >= 15 is 0 Å². The van der Waals surface area contributed by atoms with Crippen LogP contribution in [0.1, 0.15) is 36.9 Å². The second kappa shape index (κ2) is 6.65. The molecule has 1 amide bonds. The van der Waals surface area contributed by atoms with Crippen LogP contribution in [-0.2, 0) is 4.79 Å². The van der Waals surface area contributed by atoms with E-state index in [1.165, 1.54) is 0 Å². The summed E-state index contributed by atoms with van der Waals surface area (Å²) in [5.41, 5.74) is 3.75. The van der Waals surface area contributed by atoms with Gasteiger partial charge in [0.25, 0.3) is 0 Å². The minimum absolute atomic E-state index is 0.00545. The first kappa shape index (κ1) is 15.3. The lowest BCUT2D eigenvalue weighted by Crippen LogP contribution is -2.22. The van der Waals surface area contributed by atoms with Gasteiger partial charge in [0.15, 0.2) is 0 Å². The van der Waals surface area contributed by atoms with Gasteiger partial charge >= 0.3 is 0 Å². The maximum Gasteiger partial charge on any atom is 0.233 e. The summed E-state index contributed by atoms with van der Waals surface area (Å²) in [5.74, 6) is -0.228. The molecular formula is C19H21N3O. The van der Waals surface area contributed by atoms with Gasteiger partial charge in [-0.1, -0.05) is 25.5 Å². The summed E-state index contributed by atoms with van der Waals surface area (Å²) in [6.45, 7) is 4.08. The molecule has 4 nitrogen and oxygen atoms in total. The number of aryl methyl sites for hydroxylation is 1. The van der Waals surface area contributed by atoms with Gasteiger partial charge in [0, 0.05) is 23.6 Å². The van der Waals surface area contributed by atoms with Crippen LogP contribution in [0.25, 0.3) is 10.9 Å². The molecule has 3 aromatic rings. The molecule has 3 rings (SSSR count). The lowest BCUT2D eigenvalue weighted by molar-refractivity contribution is -0.117. The number of carbonyl (C=O) groups excluding carboxylic acids is 1. The number of fused-ring (bicyclic) bond motifs is 1. The summed E-state index contributed by atoms with van der Waals surface area (Å²) < 4.78 is 0. The number of rotatable bonds is 5. The zero-order valence-corrected chi connectivity index (χ0v) is 13.5. The van der Waals surface area contributed by atoms with Gasteiger partial charge in [-0.3, -0.25) is 9.78 Å². The summed E-state index contributed by atoms with van der Waals surface area (Å²) in [5, 5.41) is 4.16. The number of hydrogen-bond donors (Lipinski definition) is 2. The number of pyridine rings is 1. The molecule has 0 spiro atoms. The number of hydrogen-bond acceptors (Lipinski definition) is 2. The smallest absolute Gasteiger partial charge is 0.233 e. The molecule has 4 heteroatoms. The fourth-order valence-electron chi connectivity index (χ4n) is 2.74. The van der Waals surface area contributed by atoms with Crippen molar-refractivity contribution in [3.05, 3.63) is 60.0 Å². The molecule has 0 fully saturated rings. The summed E-state index contributed by atoms with van der Waals surface area (Å²) in [6, 6.07) is 11.8. The van der Waals surface area contributed by atoms with Gasteiger partial charge in [-0.2, -0.15) is 0 Å². The van der Waals surface area contributed by atoms with Gasteiger partial charge in [0.1, 0.15) is 0 Å². The summed E-state index contributed by atoms with van der Waals surface area (Å²) in [6.07, 6.45) is 5.43. The van der Waals surface area contributed by atoms with Crippen LogP contribution >= 0.6 is 0 Å². The highest BCUT2D eigenvalue weighted by molar-refractivity contribution is 5.97. The normalized spacial score (nSPS) is 12.3. The van der Waals surface area contributed by atoms with Crippen LogP contribution in [0.5, 0.6) is 0 Å². The Kier molecular flexibility index (Phi) is 4.42. The molecule has 1 atom stereocenters. The van der Waals surface area contributed by atoms with Gasteiger partial charge in [0.05, 0.1) is 11.6 Å². The Bertz CT molecular complexity index is 805. The molecule has 0 bridgehead atoms. The Balaban J connectivity index is 1.81. The van der Waals surface area contributed by atoms with E-state index in [0.717, 1.165) is 40.7 Å². The SMILES string of the molecule is CCCC(C(=O)Nc1ccc2cc[nH]c2c1)c1ccc(C)cn1. The molecule has 2 heterocycles. The van der Waals surface area contributed by atoms with Crippen LogP contribution in [0.2, 0.25) is 0 Å². The molecule has 0 aliphatic carbocycles. The Morgan fingerprint density at radius 2 is 2.13 bits per heavy atom. The van der Waals surface area contributed by atoms with E-state index in [1.807, 2.05) is 55.7 Å². The van der Waals surface area contributed by atoms with Crippen molar-refractivity contribution in [3.63, 3.8) is 0 Å². The van der Waals surface area contributed by atoms with Crippen LogP contribution in [0.4, 0.5) is 5.69 Å². The Morgan fingerprint density at radius 1 is 1.26 bits per heavy atom. The molecule has 0 saturated carbocycles. The third kappa shape index (κ3) is 3.42. The number of aromatic amines is 1. The van der Waals surface area contributed by atoms with Gasteiger partial charge < -0.3 is 10.3 Å². The van der Waals surface area contributed by atoms with Crippen LogP contribution < -0.4 is 5.32 Å². The maximum absolute atomic E-state index is 12.7. The predicted molar refractivity (Wildman–Crippen MR) is 93.6 cm³/mol.